The van der Waals surface area contributed by atoms with Gasteiger partial charge in [-0.05, 0) is 41.7 Å². The molecule has 4 N–H and O–H groups in total. The highest BCUT2D eigenvalue weighted by Gasteiger charge is 2.55. The fourth-order valence-corrected chi connectivity index (χ4v) is 4.70. The van der Waals surface area contributed by atoms with Crippen LogP contribution in [0.3, 0.4) is 0 Å². The Balaban J connectivity index is 1.63. The molecule has 1 aliphatic carbocycles. The Morgan fingerprint density at radius 3 is 2.09 bits per heavy atom. The van der Waals surface area contributed by atoms with Crippen LogP contribution in [0.15, 0.2) is 42.5 Å². The lowest BCUT2D eigenvalue weighted by Gasteiger charge is -2.48. The van der Waals surface area contributed by atoms with Crippen LogP contribution in [0, 0.1) is 17.3 Å². The van der Waals surface area contributed by atoms with Crippen molar-refractivity contribution in [2.45, 2.75) is 32.7 Å². The first-order valence-corrected chi connectivity index (χ1v) is 11.3. The van der Waals surface area contributed by atoms with Gasteiger partial charge in [-0.2, -0.15) is 0 Å². The van der Waals surface area contributed by atoms with E-state index in [2.05, 4.69) is 10.6 Å². The van der Waals surface area contributed by atoms with Gasteiger partial charge in [-0.25, -0.2) is 4.79 Å². The molecule has 0 bridgehead atoms. The van der Waals surface area contributed by atoms with Crippen molar-refractivity contribution in [1.29, 1.82) is 0 Å². The van der Waals surface area contributed by atoms with Gasteiger partial charge in [0.1, 0.15) is 6.04 Å². The zero-order valence-corrected chi connectivity index (χ0v) is 20.0. The van der Waals surface area contributed by atoms with Gasteiger partial charge >= 0.3 is 11.9 Å². The average molecular weight is 507 g/mol. The van der Waals surface area contributed by atoms with E-state index in [1.807, 2.05) is 0 Å². The Hall–Kier alpha value is -3.10. The molecule has 1 fully saturated rings. The van der Waals surface area contributed by atoms with Crippen LogP contribution in [-0.4, -0.2) is 40.0 Å². The maximum Gasteiger partial charge on any atom is 0.326 e. The number of benzene rings is 2. The summed E-state index contributed by atoms with van der Waals surface area (Å²) in [7, 11) is 0. The van der Waals surface area contributed by atoms with E-state index in [0.29, 0.717) is 11.3 Å². The van der Waals surface area contributed by atoms with Crippen molar-refractivity contribution < 1.29 is 29.4 Å². The molecule has 8 nitrogen and oxygen atoms in total. The van der Waals surface area contributed by atoms with Crippen LogP contribution in [0.1, 0.15) is 36.2 Å². The molecule has 0 heterocycles. The zero-order valence-electron chi connectivity index (χ0n) is 18.5. The summed E-state index contributed by atoms with van der Waals surface area (Å²) in [6.07, 6.45) is 0.186. The van der Waals surface area contributed by atoms with E-state index in [-0.39, 0.29) is 28.5 Å². The molecular weight excluding hydrogens is 483 g/mol. The normalized spacial score (nSPS) is 19.4. The maximum atomic E-state index is 12.6. The fraction of sp³-hybridized carbons (Fsp3) is 0.333. The highest BCUT2D eigenvalue weighted by molar-refractivity contribution is 6.40. The second kappa shape index (κ2) is 10.0. The number of rotatable bonds is 8. The van der Waals surface area contributed by atoms with E-state index >= 15 is 0 Å². The minimum absolute atomic E-state index is 0.0150. The van der Waals surface area contributed by atoms with Crippen LogP contribution in [0.2, 0.25) is 10.0 Å². The van der Waals surface area contributed by atoms with Gasteiger partial charge in [-0.3, -0.25) is 14.4 Å². The van der Waals surface area contributed by atoms with Gasteiger partial charge in [0.05, 0.1) is 21.5 Å². The maximum absolute atomic E-state index is 12.6. The second-order valence-corrected chi connectivity index (χ2v) is 9.67. The fourth-order valence-electron chi connectivity index (χ4n) is 4.13. The predicted molar refractivity (Wildman–Crippen MR) is 127 cm³/mol. The molecule has 0 spiro atoms. The summed E-state index contributed by atoms with van der Waals surface area (Å²) >= 11 is 12.1. The van der Waals surface area contributed by atoms with Crippen LogP contribution in [0.25, 0.3) is 0 Å². The summed E-state index contributed by atoms with van der Waals surface area (Å²) in [6.45, 7) is 3.39. The summed E-state index contributed by atoms with van der Waals surface area (Å²) in [5, 5.41) is 24.5. The number of anilines is 1. The Labute approximate surface area is 206 Å². The van der Waals surface area contributed by atoms with Gasteiger partial charge in [-0.1, -0.05) is 55.2 Å². The van der Waals surface area contributed by atoms with E-state index in [9.17, 15) is 29.4 Å². The third-order valence-electron chi connectivity index (χ3n) is 6.34. The standard InChI is InChI=1S/C24H24Cl2N2O6/c1-24(2)14(11-15(24)22(31)32)20(29)28-18(23(33)34)10-12-6-8-13(9-7-12)27-21(30)19-16(25)4-3-5-17(19)26/h3-9,14-15,18H,10-11H2,1-2H3,(H,27,30)(H,28,29)(H,31,32)(H,33,34)/t14-,15-,18+/m1/s1. The van der Waals surface area contributed by atoms with Gasteiger partial charge in [0.25, 0.3) is 5.91 Å². The number of carboxylic acid groups (broad SMARTS) is 2. The van der Waals surface area contributed by atoms with Crippen molar-refractivity contribution in [2.75, 3.05) is 5.32 Å². The van der Waals surface area contributed by atoms with Crippen LogP contribution in [-0.2, 0) is 20.8 Å². The molecule has 0 unspecified atom stereocenters. The Bertz CT molecular complexity index is 1110. The third kappa shape index (κ3) is 5.34. The van der Waals surface area contributed by atoms with Crippen molar-refractivity contribution in [3.8, 4) is 0 Å². The lowest BCUT2D eigenvalue weighted by molar-refractivity contribution is -0.164. The van der Waals surface area contributed by atoms with Crippen LogP contribution in [0.5, 0.6) is 0 Å². The Kier molecular flexibility index (Phi) is 7.53. The third-order valence-corrected chi connectivity index (χ3v) is 6.97. The topological polar surface area (TPSA) is 133 Å². The number of halogens is 2. The number of nitrogens with one attached hydrogen (secondary N) is 2. The SMILES string of the molecule is CC1(C)[C@@H](C(=O)O)C[C@@H]1C(=O)N[C@@H](Cc1ccc(NC(=O)c2c(Cl)cccc2Cl)cc1)C(=O)O. The van der Waals surface area contributed by atoms with Gasteiger partial charge < -0.3 is 20.8 Å². The van der Waals surface area contributed by atoms with Crippen molar-refractivity contribution in [3.05, 3.63) is 63.6 Å². The van der Waals surface area contributed by atoms with Gasteiger partial charge in [-0.15, -0.1) is 0 Å². The van der Waals surface area contributed by atoms with E-state index in [0.717, 1.165) is 0 Å². The summed E-state index contributed by atoms with van der Waals surface area (Å²) in [5.41, 5.74) is 0.463. The predicted octanol–water partition coefficient (Wildman–Crippen LogP) is 4.10. The smallest absolute Gasteiger partial charge is 0.326 e. The van der Waals surface area contributed by atoms with E-state index in [4.69, 9.17) is 23.2 Å². The molecule has 3 atom stereocenters. The summed E-state index contributed by atoms with van der Waals surface area (Å²) < 4.78 is 0. The van der Waals surface area contributed by atoms with Crippen LogP contribution in [0.4, 0.5) is 5.69 Å². The van der Waals surface area contributed by atoms with Crippen molar-refractivity contribution in [2.24, 2.45) is 17.3 Å². The Morgan fingerprint density at radius 2 is 1.59 bits per heavy atom. The molecule has 2 amide bonds. The minimum Gasteiger partial charge on any atom is -0.481 e. The number of carbonyl (C=O) groups is 4. The zero-order chi connectivity index (χ0) is 25.2. The molecule has 0 saturated heterocycles. The van der Waals surface area contributed by atoms with Crippen LogP contribution >= 0.6 is 23.2 Å². The van der Waals surface area contributed by atoms with Gasteiger partial charge in [0.2, 0.25) is 5.91 Å². The first kappa shape index (κ1) is 25.5. The number of hydrogen-bond acceptors (Lipinski definition) is 4. The molecular formula is C24H24Cl2N2O6. The molecule has 180 valence electrons. The molecule has 1 aliphatic rings. The molecule has 2 aromatic carbocycles. The van der Waals surface area contributed by atoms with Gasteiger partial charge in [0.15, 0.2) is 0 Å². The number of hydrogen-bond donors (Lipinski definition) is 4. The van der Waals surface area contributed by atoms with Crippen molar-refractivity contribution in [1.82, 2.24) is 5.32 Å². The molecule has 0 aromatic heterocycles. The number of carbonyl (C=O) groups excluding carboxylic acids is 2. The van der Waals surface area contributed by atoms with Crippen molar-refractivity contribution in [3.63, 3.8) is 0 Å². The highest BCUT2D eigenvalue weighted by atomic mass is 35.5. The van der Waals surface area contributed by atoms with E-state index in [1.165, 1.54) is 0 Å². The minimum atomic E-state index is -1.20. The highest BCUT2D eigenvalue weighted by Crippen LogP contribution is 2.51. The number of carboxylic acids is 2. The lowest BCUT2D eigenvalue weighted by atomic mass is 9.54. The monoisotopic (exact) mass is 506 g/mol. The summed E-state index contributed by atoms with van der Waals surface area (Å²) in [4.78, 5) is 48.2. The average Bonchev–Trinajstić information content (AvgIpc) is 2.73. The van der Waals surface area contributed by atoms with Crippen molar-refractivity contribution >= 4 is 52.6 Å². The molecule has 1 saturated carbocycles. The Morgan fingerprint density at radius 1 is 1.00 bits per heavy atom. The lowest BCUT2D eigenvalue weighted by Crippen LogP contribution is -2.57. The quantitative estimate of drug-likeness (QED) is 0.425. The number of aliphatic carboxylic acids is 2. The molecule has 34 heavy (non-hydrogen) atoms. The second-order valence-electron chi connectivity index (χ2n) is 8.85. The summed E-state index contributed by atoms with van der Waals surface area (Å²) in [6, 6.07) is 10.0. The molecule has 0 radical (unpaired) electrons. The molecule has 0 aliphatic heterocycles. The van der Waals surface area contributed by atoms with Gasteiger partial charge in [0, 0.05) is 18.0 Å². The first-order chi connectivity index (χ1) is 15.9. The van der Waals surface area contributed by atoms with Crippen LogP contribution < -0.4 is 10.6 Å². The van der Waals surface area contributed by atoms with E-state index < -0.39 is 47.0 Å². The molecule has 3 rings (SSSR count). The molecule has 2 aromatic rings. The largest absolute Gasteiger partial charge is 0.481 e. The number of amides is 2. The molecule has 10 heteroatoms. The first-order valence-electron chi connectivity index (χ1n) is 10.5. The van der Waals surface area contributed by atoms with E-state index in [1.54, 1.807) is 56.3 Å². The summed E-state index contributed by atoms with van der Waals surface area (Å²) in [5.74, 6) is -4.35.